The zero-order valence-corrected chi connectivity index (χ0v) is 13.3. The van der Waals surface area contributed by atoms with Gasteiger partial charge in [-0.05, 0) is 44.4 Å². The van der Waals surface area contributed by atoms with Crippen LogP contribution in [0.4, 0.5) is 0 Å². The van der Waals surface area contributed by atoms with Crippen molar-refractivity contribution in [3.05, 3.63) is 47.5 Å². The van der Waals surface area contributed by atoms with Crippen LogP contribution in [0.3, 0.4) is 0 Å². The van der Waals surface area contributed by atoms with Crippen molar-refractivity contribution in [1.82, 2.24) is 14.8 Å². The fraction of sp³-hybridized carbons (Fsp3) is 0.412. The number of nitrogens with zero attached hydrogens (tertiary/aromatic N) is 5. The molecule has 1 heterocycles. The minimum absolute atomic E-state index is 0.608. The van der Waals surface area contributed by atoms with Gasteiger partial charge in [-0.2, -0.15) is 10.5 Å². The largest absolute Gasteiger partial charge is 0.316 e. The number of aromatic nitrogens is 3. The lowest BCUT2D eigenvalue weighted by atomic mass is 9.79. The van der Waals surface area contributed by atoms with Gasteiger partial charge in [0.2, 0.25) is 0 Å². The first-order valence-corrected chi connectivity index (χ1v) is 7.08. The maximum atomic E-state index is 9.41. The molecule has 1 aromatic carbocycles. The number of rotatable bonds is 4. The van der Waals surface area contributed by atoms with Crippen LogP contribution in [0.2, 0.25) is 0 Å². The van der Waals surface area contributed by atoms with E-state index >= 15 is 0 Å². The topological polar surface area (TPSA) is 78.3 Å². The minimum Gasteiger partial charge on any atom is -0.316 e. The number of benzene rings is 1. The highest BCUT2D eigenvalue weighted by Crippen LogP contribution is 2.30. The Bertz CT molecular complexity index is 698. The standard InChI is InChI=1S/C17H19N5/c1-16(2,9-18)14-5-13(8-22-11-20-21-12-22)6-15(7-14)17(3,4)10-19/h5-7,11-12H,8H2,1-4H3. The van der Waals surface area contributed by atoms with E-state index in [9.17, 15) is 10.5 Å². The molecule has 0 amide bonds. The lowest BCUT2D eigenvalue weighted by Crippen LogP contribution is -2.19. The van der Waals surface area contributed by atoms with Crippen LogP contribution in [0, 0.1) is 22.7 Å². The summed E-state index contributed by atoms with van der Waals surface area (Å²) in [6.07, 6.45) is 3.30. The van der Waals surface area contributed by atoms with Crippen LogP contribution in [0.15, 0.2) is 30.9 Å². The van der Waals surface area contributed by atoms with Gasteiger partial charge in [0, 0.05) is 0 Å². The summed E-state index contributed by atoms with van der Waals surface area (Å²) in [6, 6.07) is 10.6. The average molecular weight is 293 g/mol. The Morgan fingerprint density at radius 2 is 1.36 bits per heavy atom. The molecule has 0 saturated heterocycles. The molecule has 0 radical (unpaired) electrons. The molecule has 0 N–H and O–H groups in total. The third-order valence-electron chi connectivity index (χ3n) is 3.83. The van der Waals surface area contributed by atoms with E-state index in [2.05, 4.69) is 22.3 Å². The second kappa shape index (κ2) is 5.61. The van der Waals surface area contributed by atoms with Crippen LogP contribution in [-0.4, -0.2) is 14.8 Å². The SMILES string of the molecule is CC(C)(C#N)c1cc(Cn2cnnc2)cc(C(C)(C)C#N)c1. The summed E-state index contributed by atoms with van der Waals surface area (Å²) in [4.78, 5) is 0. The van der Waals surface area contributed by atoms with E-state index in [0.717, 1.165) is 16.7 Å². The summed E-state index contributed by atoms with van der Waals surface area (Å²) in [7, 11) is 0. The van der Waals surface area contributed by atoms with Crippen molar-refractivity contribution < 1.29 is 0 Å². The van der Waals surface area contributed by atoms with Crippen LogP contribution < -0.4 is 0 Å². The van der Waals surface area contributed by atoms with E-state index in [0.29, 0.717) is 6.54 Å². The van der Waals surface area contributed by atoms with Gasteiger partial charge in [-0.25, -0.2) is 0 Å². The van der Waals surface area contributed by atoms with Gasteiger partial charge in [-0.3, -0.25) is 0 Å². The molecule has 0 atom stereocenters. The summed E-state index contributed by atoms with van der Waals surface area (Å²) in [6.45, 7) is 8.14. The van der Waals surface area contributed by atoms with E-state index in [4.69, 9.17) is 0 Å². The molecule has 0 aliphatic carbocycles. The van der Waals surface area contributed by atoms with Crippen molar-refractivity contribution in [3.63, 3.8) is 0 Å². The molecule has 2 aromatic rings. The van der Waals surface area contributed by atoms with Gasteiger partial charge in [0.1, 0.15) is 12.7 Å². The maximum absolute atomic E-state index is 9.41. The zero-order chi connectivity index (χ0) is 16.4. The molecule has 0 aliphatic heterocycles. The maximum Gasteiger partial charge on any atom is 0.119 e. The van der Waals surface area contributed by atoms with E-state index in [-0.39, 0.29) is 0 Å². The summed E-state index contributed by atoms with van der Waals surface area (Å²) in [5.41, 5.74) is 1.64. The van der Waals surface area contributed by atoms with Crippen molar-refractivity contribution in [2.45, 2.75) is 45.1 Å². The van der Waals surface area contributed by atoms with Crippen molar-refractivity contribution in [2.75, 3.05) is 0 Å². The van der Waals surface area contributed by atoms with Gasteiger partial charge in [-0.15, -0.1) is 10.2 Å². The predicted molar refractivity (Wildman–Crippen MR) is 82.8 cm³/mol. The molecular weight excluding hydrogens is 274 g/mol. The Morgan fingerprint density at radius 1 is 0.909 bits per heavy atom. The van der Waals surface area contributed by atoms with Crippen molar-refractivity contribution in [2.24, 2.45) is 0 Å². The Balaban J connectivity index is 2.55. The van der Waals surface area contributed by atoms with Gasteiger partial charge >= 0.3 is 0 Å². The van der Waals surface area contributed by atoms with Gasteiger partial charge in [-0.1, -0.05) is 18.2 Å². The first-order chi connectivity index (χ1) is 10.3. The second-order valence-electron chi connectivity index (χ2n) is 6.53. The minimum atomic E-state index is -0.608. The van der Waals surface area contributed by atoms with E-state index < -0.39 is 10.8 Å². The van der Waals surface area contributed by atoms with Crippen LogP contribution in [0.1, 0.15) is 44.4 Å². The summed E-state index contributed by atoms with van der Waals surface area (Å²) < 4.78 is 1.86. The number of hydrogen-bond acceptors (Lipinski definition) is 4. The Kier molecular flexibility index (Phi) is 4.01. The molecular formula is C17H19N5. The first kappa shape index (κ1) is 15.7. The molecule has 1 aromatic heterocycles. The third kappa shape index (κ3) is 3.15. The van der Waals surface area contributed by atoms with Crippen molar-refractivity contribution in [1.29, 1.82) is 10.5 Å². The van der Waals surface area contributed by atoms with Crippen molar-refractivity contribution >= 4 is 0 Å². The molecule has 5 nitrogen and oxygen atoms in total. The fourth-order valence-electron chi connectivity index (χ4n) is 2.15. The van der Waals surface area contributed by atoms with Gasteiger partial charge in [0.25, 0.3) is 0 Å². The molecule has 0 bridgehead atoms. The fourth-order valence-corrected chi connectivity index (χ4v) is 2.15. The molecule has 5 heteroatoms. The van der Waals surface area contributed by atoms with Crippen LogP contribution >= 0.6 is 0 Å². The number of nitriles is 2. The first-order valence-electron chi connectivity index (χ1n) is 7.08. The summed E-state index contributed by atoms with van der Waals surface area (Å²) in [5, 5.41) is 26.4. The zero-order valence-electron chi connectivity index (χ0n) is 13.3. The highest BCUT2D eigenvalue weighted by atomic mass is 15.2. The second-order valence-corrected chi connectivity index (χ2v) is 6.53. The Labute approximate surface area is 130 Å². The van der Waals surface area contributed by atoms with Crippen LogP contribution in [0.5, 0.6) is 0 Å². The molecule has 112 valence electrons. The van der Waals surface area contributed by atoms with E-state index in [1.165, 1.54) is 0 Å². The van der Waals surface area contributed by atoms with Gasteiger partial charge in [0.15, 0.2) is 0 Å². The molecule has 0 saturated carbocycles. The molecule has 2 rings (SSSR count). The lowest BCUT2D eigenvalue weighted by Gasteiger charge is -2.23. The highest BCUT2D eigenvalue weighted by molar-refractivity contribution is 5.42. The van der Waals surface area contributed by atoms with E-state index in [1.54, 1.807) is 12.7 Å². The quantitative estimate of drug-likeness (QED) is 0.868. The molecule has 22 heavy (non-hydrogen) atoms. The van der Waals surface area contributed by atoms with Gasteiger partial charge < -0.3 is 4.57 Å². The van der Waals surface area contributed by atoms with Gasteiger partial charge in [0.05, 0.1) is 29.5 Å². The predicted octanol–water partition coefficient (Wildman–Crippen LogP) is 2.93. The lowest BCUT2D eigenvalue weighted by molar-refractivity contribution is 0.655. The summed E-state index contributed by atoms with van der Waals surface area (Å²) >= 11 is 0. The molecule has 0 fully saturated rings. The Morgan fingerprint density at radius 3 is 1.77 bits per heavy atom. The monoisotopic (exact) mass is 293 g/mol. The summed E-state index contributed by atoms with van der Waals surface area (Å²) in [5.74, 6) is 0. The normalized spacial score (nSPS) is 11.7. The highest BCUT2D eigenvalue weighted by Gasteiger charge is 2.26. The number of hydrogen-bond donors (Lipinski definition) is 0. The Hall–Kier alpha value is -2.66. The van der Waals surface area contributed by atoms with Crippen LogP contribution in [0.25, 0.3) is 0 Å². The molecule has 0 aliphatic rings. The van der Waals surface area contributed by atoms with Crippen molar-refractivity contribution in [3.8, 4) is 12.1 Å². The van der Waals surface area contributed by atoms with E-state index in [1.807, 2.05) is 50.5 Å². The molecule has 0 unspecified atom stereocenters. The third-order valence-corrected chi connectivity index (χ3v) is 3.83. The average Bonchev–Trinajstić information content (AvgIpc) is 2.99. The van der Waals surface area contributed by atoms with Crippen LogP contribution in [-0.2, 0) is 17.4 Å². The smallest absolute Gasteiger partial charge is 0.119 e. The molecule has 0 spiro atoms.